The maximum absolute atomic E-state index is 14.4. The van der Waals surface area contributed by atoms with Gasteiger partial charge in [0, 0.05) is 21.7 Å². The summed E-state index contributed by atoms with van der Waals surface area (Å²) in [5, 5.41) is 2.83. The van der Waals surface area contributed by atoms with Crippen LogP contribution in [-0.2, 0) is 26.2 Å². The molecule has 2 atom stereocenters. The average Bonchev–Trinajstić information content (AvgIpc) is 2.76. The number of nitrogens with zero attached hydrogens (tertiary/aromatic N) is 2. The highest BCUT2D eigenvalue weighted by Crippen LogP contribution is 2.21. The van der Waals surface area contributed by atoms with Crippen LogP contribution in [0.15, 0.2) is 48.5 Å². The zero-order valence-corrected chi connectivity index (χ0v) is 22.1. The van der Waals surface area contributed by atoms with E-state index in [0.29, 0.717) is 12.1 Å². The Hall–Kier alpha value is -2.21. The van der Waals surface area contributed by atoms with Crippen LogP contribution in [0.25, 0.3) is 0 Å². The monoisotopic (exact) mass is 589 g/mol. The Labute approximate surface area is 208 Å². The summed E-state index contributed by atoms with van der Waals surface area (Å²) in [5.41, 5.74) is 0.558. The average molecular weight is 589 g/mol. The van der Waals surface area contributed by atoms with Gasteiger partial charge in [-0.2, -0.15) is 0 Å². The van der Waals surface area contributed by atoms with Crippen molar-refractivity contribution in [2.45, 2.75) is 45.8 Å². The van der Waals surface area contributed by atoms with Gasteiger partial charge in [0.05, 0.1) is 11.9 Å². The van der Waals surface area contributed by atoms with Crippen LogP contribution in [0.5, 0.6) is 0 Å². The zero-order valence-electron chi connectivity index (χ0n) is 19.1. The number of benzene rings is 2. The predicted molar refractivity (Wildman–Crippen MR) is 136 cm³/mol. The number of carbonyl (C=O) groups is 2. The van der Waals surface area contributed by atoms with Crippen molar-refractivity contribution in [3.63, 3.8) is 0 Å². The molecule has 0 aliphatic carbocycles. The third kappa shape index (κ3) is 7.66. The number of anilines is 1. The third-order valence-corrected chi connectivity index (χ3v) is 7.12. The Balaban J connectivity index is 2.39. The minimum atomic E-state index is -3.80. The van der Waals surface area contributed by atoms with Gasteiger partial charge in [-0.3, -0.25) is 13.9 Å². The molecule has 2 aromatic rings. The molecule has 0 spiro atoms. The van der Waals surface area contributed by atoms with Crippen LogP contribution in [-0.4, -0.2) is 50.0 Å². The smallest absolute Gasteiger partial charge is 0.244 e. The highest BCUT2D eigenvalue weighted by atomic mass is 127. The predicted octanol–water partition coefficient (Wildman–Crippen LogP) is 3.53. The van der Waals surface area contributed by atoms with E-state index in [-0.39, 0.29) is 18.2 Å². The molecule has 33 heavy (non-hydrogen) atoms. The lowest BCUT2D eigenvalue weighted by Gasteiger charge is -2.32. The summed E-state index contributed by atoms with van der Waals surface area (Å²) >= 11 is 2.10. The molecule has 0 aliphatic heterocycles. The molecule has 2 aromatic carbocycles. The van der Waals surface area contributed by atoms with Gasteiger partial charge in [0.15, 0.2) is 0 Å². The molecule has 2 amide bonds. The SMILES string of the molecule is CC[C@H](C)NC(=O)[C@@H](C)N(Cc1ccccc1F)C(=O)CN(c1ccc(I)cc1)S(C)(=O)=O. The molecule has 2 rings (SSSR count). The first-order chi connectivity index (χ1) is 15.4. The largest absolute Gasteiger partial charge is 0.352 e. The number of hydrogen-bond acceptors (Lipinski definition) is 4. The highest BCUT2D eigenvalue weighted by molar-refractivity contribution is 14.1. The molecule has 0 radical (unpaired) electrons. The van der Waals surface area contributed by atoms with Gasteiger partial charge in [-0.15, -0.1) is 0 Å². The van der Waals surface area contributed by atoms with Crippen molar-refractivity contribution in [1.82, 2.24) is 10.2 Å². The fourth-order valence-corrected chi connectivity index (χ4v) is 4.29. The number of sulfonamides is 1. The van der Waals surface area contributed by atoms with Crippen LogP contribution in [0.3, 0.4) is 0 Å². The third-order valence-electron chi connectivity index (χ3n) is 5.26. The zero-order chi connectivity index (χ0) is 24.8. The number of rotatable bonds is 10. The normalized spacial score (nSPS) is 13.2. The topological polar surface area (TPSA) is 86.8 Å². The van der Waals surface area contributed by atoms with E-state index in [1.165, 1.54) is 23.1 Å². The summed E-state index contributed by atoms with van der Waals surface area (Å²) in [6.07, 6.45) is 1.72. The molecule has 0 aliphatic rings. The van der Waals surface area contributed by atoms with Gasteiger partial charge >= 0.3 is 0 Å². The van der Waals surface area contributed by atoms with Crippen molar-refractivity contribution in [3.8, 4) is 0 Å². The molecule has 1 N–H and O–H groups in total. The van der Waals surface area contributed by atoms with Crippen LogP contribution in [0.2, 0.25) is 0 Å². The van der Waals surface area contributed by atoms with E-state index in [1.807, 2.05) is 13.8 Å². The Morgan fingerprint density at radius 2 is 1.70 bits per heavy atom. The lowest BCUT2D eigenvalue weighted by molar-refractivity contribution is -0.139. The molecule has 10 heteroatoms. The van der Waals surface area contributed by atoms with E-state index in [2.05, 4.69) is 27.9 Å². The van der Waals surface area contributed by atoms with E-state index >= 15 is 0 Å². The Bertz CT molecular complexity index is 1080. The second-order valence-electron chi connectivity index (χ2n) is 7.85. The van der Waals surface area contributed by atoms with Crippen LogP contribution in [0.1, 0.15) is 32.8 Å². The number of carbonyl (C=O) groups excluding carboxylic acids is 2. The molecule has 7 nitrogen and oxygen atoms in total. The molecule has 0 saturated carbocycles. The fraction of sp³-hybridized carbons (Fsp3) is 0.391. The lowest BCUT2D eigenvalue weighted by Crippen LogP contribution is -2.52. The van der Waals surface area contributed by atoms with Crippen LogP contribution < -0.4 is 9.62 Å². The van der Waals surface area contributed by atoms with Crippen molar-refractivity contribution >= 4 is 50.1 Å². The second kappa shape index (κ2) is 11.8. The van der Waals surface area contributed by atoms with Crippen molar-refractivity contribution < 1.29 is 22.4 Å². The van der Waals surface area contributed by atoms with Gasteiger partial charge in [0.1, 0.15) is 18.4 Å². The van der Waals surface area contributed by atoms with E-state index in [1.54, 1.807) is 37.3 Å². The lowest BCUT2D eigenvalue weighted by atomic mass is 10.1. The maximum Gasteiger partial charge on any atom is 0.244 e. The standard InChI is InChI=1S/C23H29FIN3O4S/c1-5-16(2)26-23(30)17(3)27(14-18-8-6-7-9-21(18)24)22(29)15-28(33(4,31)32)20-12-10-19(25)11-13-20/h6-13,16-17H,5,14-15H2,1-4H3,(H,26,30)/t16-,17+/m0/s1. The summed E-state index contributed by atoms with van der Waals surface area (Å²) in [6.45, 7) is 4.62. The number of nitrogens with one attached hydrogen (secondary N) is 1. The molecule has 0 fully saturated rings. The van der Waals surface area contributed by atoms with Gasteiger partial charge in [-0.05, 0) is 73.2 Å². The first-order valence-electron chi connectivity index (χ1n) is 10.5. The quantitative estimate of drug-likeness (QED) is 0.430. The molecular formula is C23H29FIN3O4S. The van der Waals surface area contributed by atoms with E-state index in [9.17, 15) is 22.4 Å². The van der Waals surface area contributed by atoms with Crippen LogP contribution in [0, 0.1) is 9.39 Å². The second-order valence-corrected chi connectivity index (χ2v) is 11.0. The molecule has 0 unspecified atom stereocenters. The fourth-order valence-electron chi connectivity index (χ4n) is 3.08. The summed E-state index contributed by atoms with van der Waals surface area (Å²) in [6, 6.07) is 11.6. The van der Waals surface area contributed by atoms with Crippen molar-refractivity contribution in [2.24, 2.45) is 0 Å². The number of halogens is 2. The summed E-state index contributed by atoms with van der Waals surface area (Å²) in [4.78, 5) is 27.4. The van der Waals surface area contributed by atoms with Crippen molar-refractivity contribution in [2.75, 3.05) is 17.1 Å². The van der Waals surface area contributed by atoms with E-state index in [0.717, 1.165) is 14.1 Å². The Kier molecular flexibility index (Phi) is 9.65. The molecule has 0 saturated heterocycles. The molecule has 0 heterocycles. The van der Waals surface area contributed by atoms with Crippen LogP contribution >= 0.6 is 22.6 Å². The van der Waals surface area contributed by atoms with Gasteiger partial charge in [0.2, 0.25) is 21.8 Å². The van der Waals surface area contributed by atoms with Gasteiger partial charge in [-0.25, -0.2) is 12.8 Å². The molecule has 0 aromatic heterocycles. The van der Waals surface area contributed by atoms with Crippen molar-refractivity contribution in [3.05, 3.63) is 63.5 Å². The van der Waals surface area contributed by atoms with Crippen molar-refractivity contribution in [1.29, 1.82) is 0 Å². The Morgan fingerprint density at radius 3 is 2.24 bits per heavy atom. The molecular weight excluding hydrogens is 560 g/mol. The minimum Gasteiger partial charge on any atom is -0.352 e. The molecule has 0 bridgehead atoms. The van der Waals surface area contributed by atoms with Gasteiger partial charge < -0.3 is 10.2 Å². The van der Waals surface area contributed by atoms with E-state index < -0.39 is 40.2 Å². The maximum atomic E-state index is 14.4. The molecule has 180 valence electrons. The summed E-state index contributed by atoms with van der Waals surface area (Å²) < 4.78 is 41.2. The first-order valence-corrected chi connectivity index (χ1v) is 13.4. The van der Waals surface area contributed by atoms with E-state index in [4.69, 9.17) is 0 Å². The minimum absolute atomic E-state index is 0.107. The number of amides is 2. The van der Waals surface area contributed by atoms with Gasteiger partial charge in [-0.1, -0.05) is 25.1 Å². The van der Waals surface area contributed by atoms with Gasteiger partial charge in [0.25, 0.3) is 0 Å². The summed E-state index contributed by atoms with van der Waals surface area (Å²) in [5.74, 6) is -1.52. The highest BCUT2D eigenvalue weighted by Gasteiger charge is 2.30. The first kappa shape index (κ1) is 27.0. The van der Waals surface area contributed by atoms with Crippen LogP contribution in [0.4, 0.5) is 10.1 Å². The number of hydrogen-bond donors (Lipinski definition) is 1. The summed E-state index contributed by atoms with van der Waals surface area (Å²) in [7, 11) is -3.80. The Morgan fingerprint density at radius 1 is 1.09 bits per heavy atom.